The molecule has 0 spiro atoms. The molecule has 25 heavy (non-hydrogen) atoms. The first-order chi connectivity index (χ1) is 11.8. The fourth-order valence-corrected chi connectivity index (χ4v) is 3.54. The second-order valence-electron chi connectivity index (χ2n) is 6.09. The molecule has 2 aromatic rings. The molecule has 1 atom stereocenters. The molecule has 0 bridgehead atoms. The molecule has 1 fully saturated rings. The van der Waals surface area contributed by atoms with Crippen LogP contribution in [0.15, 0.2) is 25.8 Å². The Morgan fingerprint density at radius 2 is 2.00 bits per heavy atom. The summed E-state index contributed by atoms with van der Waals surface area (Å²) in [6.07, 6.45) is 1.56. The monoisotopic (exact) mass is 472 g/mol. The summed E-state index contributed by atoms with van der Waals surface area (Å²) in [6, 6.07) is 1.59. The molecule has 0 radical (unpaired) electrons. The zero-order valence-electron chi connectivity index (χ0n) is 14.1. The predicted molar refractivity (Wildman–Crippen MR) is 98.5 cm³/mol. The van der Waals surface area contributed by atoms with Crippen molar-refractivity contribution in [1.82, 2.24) is 19.6 Å². The lowest BCUT2D eigenvalue weighted by atomic mass is 10.1. The van der Waals surface area contributed by atoms with Crippen LogP contribution in [0.25, 0.3) is 0 Å². The van der Waals surface area contributed by atoms with Gasteiger partial charge in [0.1, 0.15) is 10.4 Å². The van der Waals surface area contributed by atoms with Gasteiger partial charge in [-0.15, -0.1) is 0 Å². The number of hydrogen-bond donors (Lipinski definition) is 0. The van der Waals surface area contributed by atoms with Gasteiger partial charge in [-0.2, -0.15) is 5.10 Å². The number of nitrogens with zero attached hydrogens (tertiary/aromatic N) is 4. The number of amides is 2. The average molecular weight is 474 g/mol. The number of furan rings is 1. The molecule has 0 N–H and O–H groups in total. The molecule has 3 heterocycles. The summed E-state index contributed by atoms with van der Waals surface area (Å²) in [5, 5.41) is 4.09. The zero-order valence-corrected chi connectivity index (χ0v) is 17.3. The van der Waals surface area contributed by atoms with Crippen LogP contribution in [0.5, 0.6) is 0 Å². The first-order valence-corrected chi connectivity index (χ1v) is 9.42. The molecular weight excluding hydrogens is 456 g/mol. The van der Waals surface area contributed by atoms with Crippen LogP contribution in [-0.4, -0.2) is 57.1 Å². The van der Waals surface area contributed by atoms with Gasteiger partial charge in [-0.25, -0.2) is 0 Å². The summed E-state index contributed by atoms with van der Waals surface area (Å²) in [5.74, 6) is 0.740. The van der Waals surface area contributed by atoms with E-state index in [9.17, 15) is 9.59 Å². The third-order valence-corrected chi connectivity index (χ3v) is 6.07. The molecule has 9 heteroatoms. The minimum atomic E-state index is -0.157. The molecule has 7 nitrogen and oxygen atoms in total. The van der Waals surface area contributed by atoms with Crippen molar-refractivity contribution in [2.75, 3.05) is 19.6 Å². The maximum absolute atomic E-state index is 12.8. The largest absolute Gasteiger partial charge is 0.455 e. The van der Waals surface area contributed by atoms with Crippen molar-refractivity contribution >= 4 is 43.7 Å². The van der Waals surface area contributed by atoms with Crippen LogP contribution >= 0.6 is 31.9 Å². The van der Waals surface area contributed by atoms with Crippen molar-refractivity contribution in [3.63, 3.8) is 0 Å². The lowest BCUT2D eigenvalue weighted by Gasteiger charge is -2.39. The molecule has 2 aromatic heterocycles. The van der Waals surface area contributed by atoms with Gasteiger partial charge >= 0.3 is 0 Å². The Hall–Kier alpha value is -1.61. The van der Waals surface area contributed by atoms with E-state index in [0.717, 1.165) is 4.47 Å². The normalized spacial score (nSPS) is 17.9. The number of carbonyl (C=O) groups is 2. The van der Waals surface area contributed by atoms with Gasteiger partial charge in [0.15, 0.2) is 5.76 Å². The number of carbonyl (C=O) groups excluding carboxylic acids is 2. The highest BCUT2D eigenvalue weighted by Gasteiger charge is 2.33. The van der Waals surface area contributed by atoms with Gasteiger partial charge in [-0.05, 0) is 45.7 Å². The number of halogens is 2. The van der Waals surface area contributed by atoms with E-state index in [0.29, 0.717) is 41.3 Å². The first kappa shape index (κ1) is 18.2. The van der Waals surface area contributed by atoms with E-state index in [4.69, 9.17) is 4.42 Å². The SMILES string of the molecule is Cc1oc(C(=O)N2CCN(C(=O)c3cnn(C)c3Br)C(C)C2)cc1Br. The molecule has 1 aliphatic heterocycles. The Kier molecular flexibility index (Phi) is 5.06. The van der Waals surface area contributed by atoms with Crippen molar-refractivity contribution < 1.29 is 14.0 Å². The van der Waals surface area contributed by atoms with Gasteiger partial charge in [-0.3, -0.25) is 14.3 Å². The van der Waals surface area contributed by atoms with Gasteiger partial charge in [0.25, 0.3) is 11.8 Å². The molecule has 1 unspecified atom stereocenters. The van der Waals surface area contributed by atoms with Crippen LogP contribution in [-0.2, 0) is 7.05 Å². The van der Waals surface area contributed by atoms with Gasteiger partial charge in [0.05, 0.1) is 16.2 Å². The summed E-state index contributed by atoms with van der Waals surface area (Å²) in [7, 11) is 1.77. The van der Waals surface area contributed by atoms with Crippen LogP contribution in [0.2, 0.25) is 0 Å². The lowest BCUT2D eigenvalue weighted by Crippen LogP contribution is -2.55. The molecule has 0 saturated carbocycles. The van der Waals surface area contributed by atoms with E-state index >= 15 is 0 Å². The van der Waals surface area contributed by atoms with Crippen molar-refractivity contribution in [3.05, 3.63) is 38.4 Å². The third kappa shape index (κ3) is 3.39. The molecule has 0 aliphatic carbocycles. The number of aryl methyl sites for hydroxylation is 2. The molecule has 3 rings (SSSR count). The number of rotatable bonds is 2. The number of piperazine rings is 1. The van der Waals surface area contributed by atoms with Crippen LogP contribution in [0.4, 0.5) is 0 Å². The van der Waals surface area contributed by atoms with E-state index in [-0.39, 0.29) is 17.9 Å². The van der Waals surface area contributed by atoms with E-state index < -0.39 is 0 Å². The topological polar surface area (TPSA) is 71.6 Å². The van der Waals surface area contributed by atoms with Crippen molar-refractivity contribution in [3.8, 4) is 0 Å². The molecule has 1 saturated heterocycles. The number of hydrogen-bond acceptors (Lipinski definition) is 4. The highest BCUT2D eigenvalue weighted by Crippen LogP contribution is 2.24. The van der Waals surface area contributed by atoms with E-state index in [1.807, 2.05) is 6.92 Å². The molecule has 2 amide bonds. The van der Waals surface area contributed by atoms with Gasteiger partial charge in [0.2, 0.25) is 0 Å². The van der Waals surface area contributed by atoms with Gasteiger partial charge in [0, 0.05) is 38.8 Å². The fraction of sp³-hybridized carbons (Fsp3) is 0.438. The smallest absolute Gasteiger partial charge is 0.289 e. The zero-order chi connectivity index (χ0) is 18.3. The molecule has 0 aromatic carbocycles. The second kappa shape index (κ2) is 6.95. The van der Waals surface area contributed by atoms with E-state index in [1.54, 1.807) is 40.7 Å². The van der Waals surface area contributed by atoms with E-state index in [2.05, 4.69) is 37.0 Å². The highest BCUT2D eigenvalue weighted by atomic mass is 79.9. The first-order valence-electron chi connectivity index (χ1n) is 7.83. The van der Waals surface area contributed by atoms with Crippen LogP contribution in [0, 0.1) is 6.92 Å². The van der Waals surface area contributed by atoms with Crippen molar-refractivity contribution in [1.29, 1.82) is 0 Å². The Bertz CT molecular complexity index is 810. The summed E-state index contributed by atoms with van der Waals surface area (Å²) in [4.78, 5) is 28.8. The maximum atomic E-state index is 12.8. The molecular formula is C16H18Br2N4O3. The summed E-state index contributed by atoms with van der Waals surface area (Å²) in [6.45, 7) is 5.12. The minimum Gasteiger partial charge on any atom is -0.455 e. The summed E-state index contributed by atoms with van der Waals surface area (Å²) < 4.78 is 8.53. The quantitative estimate of drug-likeness (QED) is 0.672. The molecule has 134 valence electrons. The van der Waals surface area contributed by atoms with E-state index in [1.165, 1.54) is 0 Å². The standard InChI is InChI=1S/C16H18Br2N4O3/c1-9-8-21(16(24)13-6-12(17)10(2)25-13)4-5-22(9)15(23)11-7-19-20(3)14(11)18/h6-7,9H,4-5,8H2,1-3H3. The fourth-order valence-electron chi connectivity index (χ4n) is 2.89. The predicted octanol–water partition coefficient (Wildman–Crippen LogP) is 2.83. The minimum absolute atomic E-state index is 0.0869. The Labute approximate surface area is 162 Å². The molecule has 1 aliphatic rings. The van der Waals surface area contributed by atoms with Crippen molar-refractivity contribution in [2.24, 2.45) is 7.05 Å². The Morgan fingerprint density at radius 1 is 1.28 bits per heavy atom. The summed E-state index contributed by atoms with van der Waals surface area (Å²) >= 11 is 6.74. The Balaban J connectivity index is 1.71. The van der Waals surface area contributed by atoms with Crippen LogP contribution in [0.3, 0.4) is 0 Å². The Morgan fingerprint density at radius 3 is 2.52 bits per heavy atom. The van der Waals surface area contributed by atoms with Crippen LogP contribution < -0.4 is 0 Å². The number of aromatic nitrogens is 2. The highest BCUT2D eigenvalue weighted by molar-refractivity contribution is 9.10. The lowest BCUT2D eigenvalue weighted by molar-refractivity contribution is 0.0398. The maximum Gasteiger partial charge on any atom is 0.289 e. The second-order valence-corrected chi connectivity index (χ2v) is 7.69. The summed E-state index contributed by atoms with van der Waals surface area (Å²) in [5.41, 5.74) is 0.528. The van der Waals surface area contributed by atoms with Crippen LogP contribution in [0.1, 0.15) is 33.6 Å². The average Bonchev–Trinajstić information content (AvgIpc) is 3.09. The van der Waals surface area contributed by atoms with Crippen molar-refractivity contribution in [2.45, 2.75) is 19.9 Å². The van der Waals surface area contributed by atoms with Gasteiger partial charge < -0.3 is 14.2 Å². The third-order valence-electron chi connectivity index (χ3n) is 4.34. The van der Waals surface area contributed by atoms with Gasteiger partial charge in [-0.1, -0.05) is 0 Å².